The van der Waals surface area contributed by atoms with Crippen LogP contribution in [0.2, 0.25) is 0 Å². The first-order valence-electron chi connectivity index (χ1n) is 7.22. The minimum atomic E-state index is 0.183. The van der Waals surface area contributed by atoms with Crippen LogP contribution in [0.1, 0.15) is 27.7 Å². The van der Waals surface area contributed by atoms with Crippen LogP contribution in [0.25, 0.3) is 0 Å². The fourth-order valence-corrected chi connectivity index (χ4v) is 1.40. The Morgan fingerprint density at radius 3 is 1.95 bits per heavy atom. The zero-order valence-electron chi connectivity index (χ0n) is 13.7. The molecule has 0 radical (unpaired) electrons. The Morgan fingerprint density at radius 2 is 1.41 bits per heavy atom. The monoisotopic (exact) mass is 316 g/mol. The topological polar surface area (TPSA) is 94.1 Å². The molecule has 0 saturated carbocycles. The summed E-state index contributed by atoms with van der Waals surface area (Å²) in [5, 5.41) is 2.57. The molecule has 0 saturated heterocycles. The first-order chi connectivity index (χ1) is 10.7. The lowest BCUT2D eigenvalue weighted by Crippen LogP contribution is -2.28. The van der Waals surface area contributed by atoms with E-state index in [2.05, 4.69) is 20.4 Å². The van der Waals surface area contributed by atoms with E-state index in [0.717, 1.165) is 5.23 Å². The van der Waals surface area contributed by atoms with Crippen molar-refractivity contribution in [1.29, 1.82) is 0 Å². The number of nitrogens with zero attached hydrogens (tertiary/aromatic N) is 5. The summed E-state index contributed by atoms with van der Waals surface area (Å²) >= 11 is 0. The molecule has 10 heteroatoms. The number of hydroxylamine groups is 1. The predicted octanol–water partition coefficient (Wildman–Crippen LogP) is 1.33. The average Bonchev–Trinajstić information content (AvgIpc) is 2.52. The van der Waals surface area contributed by atoms with Crippen LogP contribution in [0.3, 0.4) is 0 Å². The molecule has 0 aliphatic carbocycles. The van der Waals surface area contributed by atoms with Gasteiger partial charge in [0, 0.05) is 7.05 Å². The van der Waals surface area contributed by atoms with Gasteiger partial charge in [-0.15, -0.1) is 0 Å². The Balaban J connectivity index is 3.08. The first kappa shape index (κ1) is 18.3. The van der Waals surface area contributed by atoms with Gasteiger partial charge in [0.1, 0.15) is 0 Å². The largest absolute Gasteiger partial charge is 0.284 e. The van der Waals surface area contributed by atoms with Crippen molar-refractivity contribution in [3.63, 3.8) is 0 Å². The molecule has 10 nitrogen and oxygen atoms in total. The second-order valence-corrected chi connectivity index (χ2v) is 3.80. The molecule has 22 heavy (non-hydrogen) atoms. The van der Waals surface area contributed by atoms with Gasteiger partial charge in [-0.1, -0.05) is 5.23 Å². The van der Waals surface area contributed by atoms with E-state index in [4.69, 9.17) is 19.4 Å². The van der Waals surface area contributed by atoms with Gasteiger partial charge in [0.25, 0.3) is 17.8 Å². The highest BCUT2D eigenvalue weighted by Crippen LogP contribution is 2.17. The van der Waals surface area contributed by atoms with Gasteiger partial charge in [0.05, 0.1) is 26.4 Å². The molecule has 0 aromatic carbocycles. The summed E-state index contributed by atoms with van der Waals surface area (Å²) in [6.07, 6.45) is 0. The molecule has 1 heterocycles. The highest BCUT2D eigenvalue weighted by molar-refractivity contribution is 5.40. The van der Waals surface area contributed by atoms with Crippen LogP contribution in [-0.2, 0) is 19.4 Å². The Labute approximate surface area is 130 Å². The molecule has 126 valence electrons. The van der Waals surface area contributed by atoms with Gasteiger partial charge < -0.3 is 0 Å². The maximum absolute atomic E-state index is 5.35. The summed E-state index contributed by atoms with van der Waals surface area (Å²) in [4.78, 5) is 33.8. The Hall–Kier alpha value is -1.75. The van der Waals surface area contributed by atoms with E-state index >= 15 is 0 Å². The van der Waals surface area contributed by atoms with E-state index in [1.165, 1.54) is 5.06 Å². The molecular weight excluding hydrogens is 292 g/mol. The first-order valence-corrected chi connectivity index (χ1v) is 7.22. The lowest BCUT2D eigenvalue weighted by molar-refractivity contribution is -0.0851. The molecule has 1 N–H and O–H groups in total. The molecule has 1 rings (SSSR count). The molecule has 0 fully saturated rings. The van der Waals surface area contributed by atoms with Crippen LogP contribution >= 0.6 is 0 Å². The van der Waals surface area contributed by atoms with Crippen molar-refractivity contribution in [3.8, 4) is 0 Å². The van der Waals surface area contributed by atoms with Gasteiger partial charge in [-0.3, -0.25) is 9.68 Å². The lowest BCUT2D eigenvalue weighted by Gasteiger charge is -2.21. The lowest BCUT2D eigenvalue weighted by atomic mass is 10.8. The van der Waals surface area contributed by atoms with Gasteiger partial charge in [-0.25, -0.2) is 20.2 Å². The van der Waals surface area contributed by atoms with Crippen molar-refractivity contribution in [1.82, 2.24) is 15.0 Å². The zero-order chi connectivity index (χ0) is 16.4. The van der Waals surface area contributed by atoms with E-state index in [-0.39, 0.29) is 11.9 Å². The summed E-state index contributed by atoms with van der Waals surface area (Å²) in [5.41, 5.74) is 2.63. The van der Waals surface area contributed by atoms with Crippen LogP contribution in [0.15, 0.2) is 0 Å². The van der Waals surface area contributed by atoms with Crippen LogP contribution < -0.4 is 15.8 Å². The van der Waals surface area contributed by atoms with E-state index in [1.807, 2.05) is 27.7 Å². The van der Waals surface area contributed by atoms with Crippen LogP contribution in [-0.4, -0.2) is 48.4 Å². The van der Waals surface area contributed by atoms with Gasteiger partial charge in [0.15, 0.2) is 0 Å². The molecule has 1 aromatic heterocycles. The van der Waals surface area contributed by atoms with Crippen LogP contribution in [0.4, 0.5) is 17.8 Å². The Bertz CT molecular complexity index is 430. The number of nitrogens with one attached hydrogen (secondary N) is 1. The predicted molar refractivity (Wildman–Crippen MR) is 80.8 cm³/mol. The van der Waals surface area contributed by atoms with Gasteiger partial charge >= 0.3 is 0 Å². The molecule has 0 aliphatic rings. The van der Waals surface area contributed by atoms with E-state index in [1.54, 1.807) is 7.05 Å². The standard InChI is InChI=1S/C12H24N6O4/c1-6-19-16-10-13-11(17(5)20-7-2)15-12(14-10)18(21-8-3)22-9-4/h6-9H2,1-5H3,(H,13,14,15,16). The summed E-state index contributed by atoms with van der Waals surface area (Å²) in [5.74, 6) is 0.693. The third-order valence-corrected chi connectivity index (χ3v) is 2.18. The Kier molecular flexibility index (Phi) is 8.36. The minimum absolute atomic E-state index is 0.183. The van der Waals surface area contributed by atoms with Gasteiger partial charge in [0.2, 0.25) is 0 Å². The van der Waals surface area contributed by atoms with E-state index in [9.17, 15) is 0 Å². The van der Waals surface area contributed by atoms with E-state index < -0.39 is 0 Å². The normalized spacial score (nSPS) is 10.6. The highest BCUT2D eigenvalue weighted by Gasteiger charge is 2.17. The quantitative estimate of drug-likeness (QED) is 0.602. The highest BCUT2D eigenvalue weighted by atomic mass is 16.9. The van der Waals surface area contributed by atoms with Gasteiger partial charge in [-0.05, 0) is 27.7 Å². The van der Waals surface area contributed by atoms with Crippen LogP contribution in [0.5, 0.6) is 0 Å². The summed E-state index contributed by atoms with van der Waals surface area (Å²) in [7, 11) is 1.69. The van der Waals surface area contributed by atoms with Gasteiger partial charge in [-0.2, -0.15) is 15.0 Å². The second kappa shape index (κ2) is 10.1. The maximum Gasteiger partial charge on any atom is 0.284 e. The second-order valence-electron chi connectivity index (χ2n) is 3.80. The number of anilines is 3. The molecule has 0 amide bonds. The number of hydrogen-bond donors (Lipinski definition) is 1. The van der Waals surface area contributed by atoms with Crippen LogP contribution in [0, 0.1) is 0 Å². The summed E-state index contributed by atoms with van der Waals surface area (Å²) in [6, 6.07) is 0. The average molecular weight is 316 g/mol. The number of rotatable bonds is 11. The van der Waals surface area contributed by atoms with Crippen molar-refractivity contribution in [2.75, 3.05) is 49.2 Å². The van der Waals surface area contributed by atoms with Crippen molar-refractivity contribution in [2.45, 2.75) is 27.7 Å². The molecule has 0 aliphatic heterocycles. The molecule has 0 atom stereocenters. The number of aromatic nitrogens is 3. The van der Waals surface area contributed by atoms with E-state index in [0.29, 0.717) is 32.4 Å². The summed E-state index contributed by atoms with van der Waals surface area (Å²) < 4.78 is 0. The maximum atomic E-state index is 5.35. The van der Waals surface area contributed by atoms with Crippen molar-refractivity contribution < 1.29 is 19.4 Å². The van der Waals surface area contributed by atoms with Crippen molar-refractivity contribution in [3.05, 3.63) is 0 Å². The SMILES string of the molecule is CCONc1nc(N(C)OCC)nc(N(OCC)OCC)n1. The fourth-order valence-electron chi connectivity index (χ4n) is 1.40. The van der Waals surface area contributed by atoms with Crippen molar-refractivity contribution >= 4 is 17.8 Å². The molecule has 1 aromatic rings. The Morgan fingerprint density at radius 1 is 0.818 bits per heavy atom. The zero-order valence-corrected chi connectivity index (χ0v) is 13.7. The third-order valence-electron chi connectivity index (χ3n) is 2.18. The molecule has 0 unspecified atom stereocenters. The summed E-state index contributed by atoms with van der Waals surface area (Å²) in [6.45, 7) is 9.11. The molecule has 0 bridgehead atoms. The molecule has 0 spiro atoms. The smallest absolute Gasteiger partial charge is 0.274 e. The fraction of sp³-hybridized carbons (Fsp3) is 0.750. The minimum Gasteiger partial charge on any atom is -0.274 e. The number of hydrogen-bond acceptors (Lipinski definition) is 10. The van der Waals surface area contributed by atoms with Crippen molar-refractivity contribution in [2.24, 2.45) is 0 Å². The third kappa shape index (κ3) is 5.56. The molecular formula is C12H24N6O4.